The second-order valence-corrected chi connectivity index (χ2v) is 5.61. The molecule has 3 heteroatoms. The zero-order chi connectivity index (χ0) is 13.1. The van der Waals surface area contributed by atoms with Gasteiger partial charge in [0.05, 0.1) is 0 Å². The average molecular weight is 261 g/mol. The molecule has 1 N–H and O–H groups in total. The van der Waals surface area contributed by atoms with Crippen molar-refractivity contribution in [1.29, 1.82) is 0 Å². The lowest BCUT2D eigenvalue weighted by Gasteiger charge is -2.23. The zero-order valence-corrected chi connectivity index (χ0v) is 11.7. The molecule has 0 bridgehead atoms. The molecule has 1 aliphatic heterocycles. The van der Waals surface area contributed by atoms with Gasteiger partial charge in [0.25, 0.3) is 0 Å². The normalized spacial score (nSPS) is 26.8. The van der Waals surface area contributed by atoms with Crippen LogP contribution in [-0.4, -0.2) is 26.3 Å². The standard InChI is InChI=1S/C16H23NO2/c1-17-14-5-3-2-4-12(10-14)13-6-7-15-16(11-13)19-9-8-18-15/h6-7,11-12,14,17H,2-5,8-10H2,1H3. The summed E-state index contributed by atoms with van der Waals surface area (Å²) in [5.41, 5.74) is 1.41. The third-order valence-corrected chi connectivity index (χ3v) is 4.37. The maximum Gasteiger partial charge on any atom is 0.161 e. The van der Waals surface area contributed by atoms with E-state index in [-0.39, 0.29) is 0 Å². The van der Waals surface area contributed by atoms with Crippen molar-refractivity contribution in [2.45, 2.75) is 44.1 Å². The predicted molar refractivity (Wildman–Crippen MR) is 76.1 cm³/mol. The van der Waals surface area contributed by atoms with E-state index in [2.05, 4.69) is 30.6 Å². The van der Waals surface area contributed by atoms with Gasteiger partial charge in [-0.2, -0.15) is 0 Å². The molecule has 3 nitrogen and oxygen atoms in total. The highest BCUT2D eigenvalue weighted by Crippen LogP contribution is 2.37. The fourth-order valence-corrected chi connectivity index (χ4v) is 3.24. The smallest absolute Gasteiger partial charge is 0.161 e. The van der Waals surface area contributed by atoms with Crippen molar-refractivity contribution in [3.05, 3.63) is 23.8 Å². The van der Waals surface area contributed by atoms with Gasteiger partial charge in [0.2, 0.25) is 0 Å². The number of ether oxygens (including phenoxy) is 2. The van der Waals surface area contributed by atoms with Gasteiger partial charge >= 0.3 is 0 Å². The van der Waals surface area contributed by atoms with Crippen LogP contribution in [0.15, 0.2) is 18.2 Å². The van der Waals surface area contributed by atoms with Crippen molar-refractivity contribution in [2.24, 2.45) is 0 Å². The van der Waals surface area contributed by atoms with Gasteiger partial charge in [-0.3, -0.25) is 0 Å². The lowest BCUT2D eigenvalue weighted by atomic mass is 9.90. The van der Waals surface area contributed by atoms with Crippen LogP contribution in [-0.2, 0) is 0 Å². The molecule has 19 heavy (non-hydrogen) atoms. The first-order valence-corrected chi connectivity index (χ1v) is 7.43. The third kappa shape index (κ3) is 2.86. The molecular formula is C16H23NO2. The number of hydrogen-bond donors (Lipinski definition) is 1. The number of nitrogens with one attached hydrogen (secondary N) is 1. The number of fused-ring (bicyclic) bond motifs is 1. The fourth-order valence-electron chi connectivity index (χ4n) is 3.24. The van der Waals surface area contributed by atoms with Crippen LogP contribution in [0.25, 0.3) is 0 Å². The molecule has 0 saturated heterocycles. The van der Waals surface area contributed by atoms with E-state index in [9.17, 15) is 0 Å². The van der Waals surface area contributed by atoms with Crippen LogP contribution in [0.1, 0.15) is 43.6 Å². The molecule has 3 rings (SSSR count). The lowest BCUT2D eigenvalue weighted by Crippen LogP contribution is -2.25. The molecule has 0 spiro atoms. The number of rotatable bonds is 2. The molecule has 1 fully saturated rings. The van der Waals surface area contributed by atoms with E-state index in [4.69, 9.17) is 9.47 Å². The summed E-state index contributed by atoms with van der Waals surface area (Å²) in [6, 6.07) is 7.14. The Morgan fingerprint density at radius 3 is 2.68 bits per heavy atom. The van der Waals surface area contributed by atoms with Crippen molar-refractivity contribution in [3.8, 4) is 11.5 Å². The predicted octanol–water partition coefficient (Wildman–Crippen LogP) is 3.09. The van der Waals surface area contributed by atoms with Crippen LogP contribution in [0.3, 0.4) is 0 Å². The molecular weight excluding hydrogens is 238 g/mol. The fraction of sp³-hybridized carbons (Fsp3) is 0.625. The summed E-state index contributed by atoms with van der Waals surface area (Å²) in [6.07, 6.45) is 6.50. The highest BCUT2D eigenvalue weighted by molar-refractivity contribution is 5.44. The van der Waals surface area contributed by atoms with E-state index >= 15 is 0 Å². The van der Waals surface area contributed by atoms with Gasteiger partial charge in [-0.25, -0.2) is 0 Å². The Morgan fingerprint density at radius 1 is 1.05 bits per heavy atom. The van der Waals surface area contributed by atoms with Crippen molar-refractivity contribution in [2.75, 3.05) is 20.3 Å². The van der Waals surface area contributed by atoms with Crippen LogP contribution in [0.2, 0.25) is 0 Å². The zero-order valence-electron chi connectivity index (χ0n) is 11.7. The Bertz CT molecular complexity index is 433. The van der Waals surface area contributed by atoms with Gasteiger partial charge in [-0.1, -0.05) is 18.9 Å². The lowest BCUT2D eigenvalue weighted by molar-refractivity contribution is 0.171. The monoisotopic (exact) mass is 261 g/mol. The van der Waals surface area contributed by atoms with Gasteiger partial charge in [0.15, 0.2) is 11.5 Å². The molecule has 1 aromatic carbocycles. The first-order chi connectivity index (χ1) is 9.36. The summed E-state index contributed by atoms with van der Waals surface area (Å²) in [4.78, 5) is 0. The molecule has 0 aromatic heterocycles. The number of benzene rings is 1. The van der Waals surface area contributed by atoms with Crippen LogP contribution in [0.5, 0.6) is 11.5 Å². The van der Waals surface area contributed by atoms with Crippen LogP contribution < -0.4 is 14.8 Å². The summed E-state index contributed by atoms with van der Waals surface area (Å²) < 4.78 is 11.3. The molecule has 1 aliphatic carbocycles. The Labute approximate surface area is 115 Å². The second-order valence-electron chi connectivity index (χ2n) is 5.61. The van der Waals surface area contributed by atoms with Gasteiger partial charge < -0.3 is 14.8 Å². The van der Waals surface area contributed by atoms with E-state index in [1.165, 1.54) is 37.7 Å². The van der Waals surface area contributed by atoms with E-state index in [1.54, 1.807) is 0 Å². The first kappa shape index (κ1) is 12.8. The van der Waals surface area contributed by atoms with Gasteiger partial charge in [-0.05, 0) is 49.9 Å². The molecule has 1 aromatic rings. The van der Waals surface area contributed by atoms with Gasteiger partial charge in [-0.15, -0.1) is 0 Å². The summed E-state index contributed by atoms with van der Waals surface area (Å²) in [5.74, 6) is 2.47. The summed E-state index contributed by atoms with van der Waals surface area (Å²) in [5, 5.41) is 3.45. The van der Waals surface area contributed by atoms with Gasteiger partial charge in [0.1, 0.15) is 13.2 Å². The maximum atomic E-state index is 5.70. The maximum absolute atomic E-state index is 5.70. The molecule has 104 valence electrons. The SMILES string of the molecule is CNC1CCCCC(c2ccc3c(c2)OCCO3)C1. The van der Waals surface area contributed by atoms with Crippen molar-refractivity contribution < 1.29 is 9.47 Å². The summed E-state index contributed by atoms with van der Waals surface area (Å²) >= 11 is 0. The average Bonchev–Trinajstić information content (AvgIpc) is 2.72. The number of hydrogen-bond acceptors (Lipinski definition) is 3. The Hall–Kier alpha value is -1.22. The molecule has 1 saturated carbocycles. The largest absolute Gasteiger partial charge is 0.486 e. The van der Waals surface area contributed by atoms with E-state index < -0.39 is 0 Å². The minimum atomic E-state index is 0.649. The van der Waals surface area contributed by atoms with E-state index in [1.807, 2.05) is 0 Å². The second kappa shape index (κ2) is 5.83. The van der Waals surface area contributed by atoms with Crippen molar-refractivity contribution in [3.63, 3.8) is 0 Å². The molecule has 1 heterocycles. The van der Waals surface area contributed by atoms with Crippen molar-refractivity contribution in [1.82, 2.24) is 5.32 Å². The van der Waals surface area contributed by atoms with Gasteiger partial charge in [0, 0.05) is 6.04 Å². The molecule has 0 radical (unpaired) electrons. The van der Waals surface area contributed by atoms with Crippen molar-refractivity contribution >= 4 is 0 Å². The third-order valence-electron chi connectivity index (χ3n) is 4.37. The molecule has 2 atom stereocenters. The van der Waals surface area contributed by atoms with Crippen LogP contribution in [0.4, 0.5) is 0 Å². The Morgan fingerprint density at radius 2 is 1.84 bits per heavy atom. The van der Waals surface area contributed by atoms with Crippen LogP contribution >= 0.6 is 0 Å². The Kier molecular flexibility index (Phi) is 3.92. The quantitative estimate of drug-likeness (QED) is 0.830. The minimum Gasteiger partial charge on any atom is -0.486 e. The topological polar surface area (TPSA) is 30.5 Å². The highest BCUT2D eigenvalue weighted by atomic mass is 16.6. The van der Waals surface area contributed by atoms with E-state index in [0.29, 0.717) is 25.2 Å². The summed E-state index contributed by atoms with van der Waals surface area (Å²) in [7, 11) is 2.08. The molecule has 0 amide bonds. The minimum absolute atomic E-state index is 0.649. The Balaban J connectivity index is 1.80. The first-order valence-electron chi connectivity index (χ1n) is 7.43. The molecule has 2 unspecified atom stereocenters. The molecule has 2 aliphatic rings. The highest BCUT2D eigenvalue weighted by Gasteiger charge is 2.22. The van der Waals surface area contributed by atoms with Crippen LogP contribution in [0, 0.1) is 0 Å². The summed E-state index contributed by atoms with van der Waals surface area (Å²) in [6.45, 7) is 1.33. The van der Waals surface area contributed by atoms with E-state index in [0.717, 1.165) is 11.5 Å².